The first kappa shape index (κ1) is 13.8. The Kier molecular flexibility index (Phi) is 4.62. The van der Waals surface area contributed by atoms with E-state index in [4.69, 9.17) is 0 Å². The van der Waals surface area contributed by atoms with E-state index in [1.54, 1.807) is 0 Å². The summed E-state index contributed by atoms with van der Waals surface area (Å²) in [5.74, 6) is 0.984. The lowest BCUT2D eigenvalue weighted by atomic mass is 10.1. The van der Waals surface area contributed by atoms with E-state index >= 15 is 0 Å². The fraction of sp³-hybridized carbons (Fsp3) is 0.929. The molecule has 4 heteroatoms. The van der Waals surface area contributed by atoms with Crippen LogP contribution in [0.4, 0.5) is 0 Å². The van der Waals surface area contributed by atoms with Gasteiger partial charge in [-0.1, -0.05) is 20.3 Å². The highest BCUT2D eigenvalue weighted by Crippen LogP contribution is 2.21. The maximum absolute atomic E-state index is 12.3. The van der Waals surface area contributed by atoms with Crippen LogP contribution in [0.2, 0.25) is 0 Å². The molecule has 2 aliphatic heterocycles. The molecule has 1 N–H and O–H groups in total. The SMILES string of the molecule is CCCC1NC(C)N(CC2CCN(CC)C2)C1=O. The lowest BCUT2D eigenvalue weighted by molar-refractivity contribution is -0.130. The van der Waals surface area contributed by atoms with Crippen molar-refractivity contribution in [3.05, 3.63) is 0 Å². The number of hydrogen-bond donors (Lipinski definition) is 1. The Morgan fingerprint density at radius 1 is 1.39 bits per heavy atom. The maximum Gasteiger partial charge on any atom is 0.241 e. The number of carbonyl (C=O) groups is 1. The molecule has 0 bridgehead atoms. The molecule has 0 radical (unpaired) electrons. The van der Waals surface area contributed by atoms with Crippen LogP contribution in [0, 0.1) is 5.92 Å². The Morgan fingerprint density at radius 3 is 2.78 bits per heavy atom. The second-order valence-electron chi connectivity index (χ2n) is 5.72. The first-order valence-corrected chi connectivity index (χ1v) is 7.44. The zero-order chi connectivity index (χ0) is 13.1. The minimum atomic E-state index is 0.0636. The van der Waals surface area contributed by atoms with Gasteiger partial charge in [-0.2, -0.15) is 0 Å². The van der Waals surface area contributed by atoms with Crippen LogP contribution in [-0.4, -0.2) is 54.1 Å². The van der Waals surface area contributed by atoms with E-state index in [0.29, 0.717) is 11.8 Å². The van der Waals surface area contributed by atoms with E-state index in [-0.39, 0.29) is 12.2 Å². The van der Waals surface area contributed by atoms with Gasteiger partial charge in [0.2, 0.25) is 5.91 Å². The maximum atomic E-state index is 12.3. The molecule has 1 amide bonds. The van der Waals surface area contributed by atoms with E-state index in [1.165, 1.54) is 13.0 Å². The van der Waals surface area contributed by atoms with Crippen molar-refractivity contribution in [3.63, 3.8) is 0 Å². The van der Waals surface area contributed by atoms with Gasteiger partial charge in [-0.25, -0.2) is 0 Å². The zero-order valence-corrected chi connectivity index (χ0v) is 12.0. The van der Waals surface area contributed by atoms with Gasteiger partial charge in [-0.3, -0.25) is 10.1 Å². The summed E-state index contributed by atoms with van der Waals surface area (Å²) in [5, 5.41) is 3.42. The van der Waals surface area contributed by atoms with Crippen molar-refractivity contribution < 1.29 is 4.79 Å². The van der Waals surface area contributed by atoms with Crippen molar-refractivity contribution in [1.29, 1.82) is 0 Å². The van der Waals surface area contributed by atoms with Crippen LogP contribution < -0.4 is 5.32 Å². The standard InChI is InChI=1S/C14H27N3O/c1-4-6-13-14(18)17(11(3)15-13)10-12-7-8-16(5-2)9-12/h11-13,15H,4-10H2,1-3H3. The average Bonchev–Trinajstić information content (AvgIpc) is 2.91. The molecular formula is C14H27N3O. The van der Waals surface area contributed by atoms with Crippen LogP contribution in [0.15, 0.2) is 0 Å². The van der Waals surface area contributed by atoms with Crippen molar-refractivity contribution in [2.24, 2.45) is 5.92 Å². The van der Waals surface area contributed by atoms with E-state index in [2.05, 4.69) is 35.9 Å². The van der Waals surface area contributed by atoms with E-state index in [1.807, 2.05) is 0 Å². The number of rotatable bonds is 5. The molecule has 3 unspecified atom stereocenters. The molecular weight excluding hydrogens is 226 g/mol. The van der Waals surface area contributed by atoms with Crippen LogP contribution in [0.1, 0.15) is 40.0 Å². The van der Waals surface area contributed by atoms with Gasteiger partial charge >= 0.3 is 0 Å². The largest absolute Gasteiger partial charge is 0.326 e. The van der Waals surface area contributed by atoms with Crippen molar-refractivity contribution >= 4 is 5.91 Å². The van der Waals surface area contributed by atoms with Gasteiger partial charge in [0.1, 0.15) is 0 Å². The van der Waals surface area contributed by atoms with Gasteiger partial charge in [0.25, 0.3) is 0 Å². The quantitative estimate of drug-likeness (QED) is 0.801. The number of likely N-dealkylation sites (tertiary alicyclic amines) is 1. The summed E-state index contributed by atoms with van der Waals surface area (Å²) in [6.07, 6.45) is 3.48. The third kappa shape index (κ3) is 2.86. The highest BCUT2D eigenvalue weighted by atomic mass is 16.2. The average molecular weight is 253 g/mol. The smallest absolute Gasteiger partial charge is 0.241 e. The second kappa shape index (κ2) is 6.02. The molecule has 0 saturated carbocycles. The molecule has 0 spiro atoms. The number of nitrogens with one attached hydrogen (secondary N) is 1. The number of amides is 1. The Labute approximate surface area is 111 Å². The van der Waals surface area contributed by atoms with Gasteiger partial charge in [-0.05, 0) is 38.8 Å². The van der Waals surface area contributed by atoms with Crippen molar-refractivity contribution in [3.8, 4) is 0 Å². The third-order valence-electron chi connectivity index (χ3n) is 4.34. The van der Waals surface area contributed by atoms with Crippen molar-refractivity contribution in [1.82, 2.24) is 15.1 Å². The third-order valence-corrected chi connectivity index (χ3v) is 4.34. The Morgan fingerprint density at radius 2 is 2.17 bits per heavy atom. The molecule has 3 atom stereocenters. The molecule has 18 heavy (non-hydrogen) atoms. The summed E-state index contributed by atoms with van der Waals surface area (Å²) in [7, 11) is 0. The molecule has 0 aliphatic carbocycles. The molecule has 2 aliphatic rings. The van der Waals surface area contributed by atoms with Crippen molar-refractivity contribution in [2.45, 2.75) is 52.2 Å². The zero-order valence-electron chi connectivity index (χ0n) is 12.0. The number of nitrogens with zero attached hydrogens (tertiary/aromatic N) is 2. The highest BCUT2D eigenvalue weighted by Gasteiger charge is 2.37. The van der Waals surface area contributed by atoms with Crippen LogP contribution in [-0.2, 0) is 4.79 Å². The summed E-state index contributed by atoms with van der Waals surface area (Å²) in [4.78, 5) is 16.8. The molecule has 0 aromatic rings. The van der Waals surface area contributed by atoms with Gasteiger partial charge in [0.05, 0.1) is 12.2 Å². The van der Waals surface area contributed by atoms with E-state index < -0.39 is 0 Å². The summed E-state index contributed by atoms with van der Waals surface area (Å²) < 4.78 is 0. The monoisotopic (exact) mass is 253 g/mol. The Bertz CT molecular complexity index is 295. The van der Waals surface area contributed by atoms with E-state index in [9.17, 15) is 4.79 Å². The molecule has 0 aromatic heterocycles. The molecule has 2 saturated heterocycles. The Balaban J connectivity index is 1.87. The fourth-order valence-electron chi connectivity index (χ4n) is 3.21. The predicted molar refractivity (Wildman–Crippen MR) is 73.2 cm³/mol. The topological polar surface area (TPSA) is 35.6 Å². The number of hydrogen-bond acceptors (Lipinski definition) is 3. The predicted octanol–water partition coefficient (Wildman–Crippen LogP) is 1.27. The van der Waals surface area contributed by atoms with Crippen LogP contribution >= 0.6 is 0 Å². The second-order valence-corrected chi connectivity index (χ2v) is 5.72. The van der Waals surface area contributed by atoms with Gasteiger partial charge < -0.3 is 9.80 Å². The molecule has 4 nitrogen and oxygen atoms in total. The fourth-order valence-corrected chi connectivity index (χ4v) is 3.21. The minimum Gasteiger partial charge on any atom is -0.326 e. The van der Waals surface area contributed by atoms with Crippen LogP contribution in [0.5, 0.6) is 0 Å². The van der Waals surface area contributed by atoms with Crippen LogP contribution in [0.3, 0.4) is 0 Å². The van der Waals surface area contributed by atoms with Gasteiger partial charge in [0.15, 0.2) is 0 Å². The minimum absolute atomic E-state index is 0.0636. The Hall–Kier alpha value is -0.610. The normalized spacial score (nSPS) is 33.6. The molecule has 2 heterocycles. The first-order valence-electron chi connectivity index (χ1n) is 7.44. The lowest BCUT2D eigenvalue weighted by Gasteiger charge is -2.24. The summed E-state index contributed by atoms with van der Waals surface area (Å²) in [6, 6.07) is 0.0636. The molecule has 0 aromatic carbocycles. The summed E-state index contributed by atoms with van der Waals surface area (Å²) in [5.41, 5.74) is 0. The highest BCUT2D eigenvalue weighted by molar-refractivity contribution is 5.84. The lowest BCUT2D eigenvalue weighted by Crippen LogP contribution is -2.39. The summed E-state index contributed by atoms with van der Waals surface area (Å²) in [6.45, 7) is 10.9. The van der Waals surface area contributed by atoms with Gasteiger partial charge in [0, 0.05) is 13.1 Å². The first-order chi connectivity index (χ1) is 8.65. The van der Waals surface area contributed by atoms with Crippen LogP contribution in [0.25, 0.3) is 0 Å². The molecule has 104 valence electrons. The number of carbonyl (C=O) groups excluding carboxylic acids is 1. The van der Waals surface area contributed by atoms with Gasteiger partial charge in [-0.15, -0.1) is 0 Å². The van der Waals surface area contributed by atoms with E-state index in [0.717, 1.165) is 32.5 Å². The molecule has 2 rings (SSSR count). The van der Waals surface area contributed by atoms with Crippen molar-refractivity contribution in [2.75, 3.05) is 26.2 Å². The summed E-state index contributed by atoms with van der Waals surface area (Å²) >= 11 is 0. The molecule has 2 fully saturated rings.